The molecule has 164 valence electrons. The predicted molar refractivity (Wildman–Crippen MR) is 108 cm³/mol. The Balaban J connectivity index is 1.76. The summed E-state index contributed by atoms with van der Waals surface area (Å²) in [4.78, 5) is 36.4. The molecule has 1 aliphatic heterocycles. The lowest BCUT2D eigenvalue weighted by Crippen LogP contribution is -2.37. The van der Waals surface area contributed by atoms with Gasteiger partial charge in [-0.15, -0.1) is 0 Å². The molecule has 0 bridgehead atoms. The highest BCUT2D eigenvalue weighted by molar-refractivity contribution is 5.90. The van der Waals surface area contributed by atoms with Gasteiger partial charge in [-0.3, -0.25) is 4.79 Å². The minimum absolute atomic E-state index is 0.161. The molecule has 1 saturated heterocycles. The number of carbonyl (C=O) groups excluding carboxylic acids is 3. The fourth-order valence-corrected chi connectivity index (χ4v) is 3.39. The van der Waals surface area contributed by atoms with E-state index in [1.54, 1.807) is 60.7 Å². The quantitative estimate of drug-likeness (QED) is 0.504. The summed E-state index contributed by atoms with van der Waals surface area (Å²) in [6.45, 7) is 0.773. The maximum atomic E-state index is 12.6. The molecular formula is C23H24O8. The van der Waals surface area contributed by atoms with E-state index in [9.17, 15) is 19.5 Å². The molecule has 1 unspecified atom stereocenters. The third-order valence-electron chi connectivity index (χ3n) is 4.83. The van der Waals surface area contributed by atoms with Gasteiger partial charge in [0.15, 0.2) is 0 Å². The van der Waals surface area contributed by atoms with Crippen LogP contribution in [0.25, 0.3) is 0 Å². The van der Waals surface area contributed by atoms with Crippen LogP contribution in [0.15, 0.2) is 60.7 Å². The van der Waals surface area contributed by atoms with E-state index in [1.807, 2.05) is 0 Å². The molecule has 3 rings (SSSR count). The molecule has 8 heteroatoms. The standard InChI is InChI=1S/C23H24O8/c1-15(25)29-23-18(12-13-24)20(31-22(27)17-10-6-3-7-11-17)19(30-23)14-28-21(26)16-8-4-2-5-9-16/h2-11,18-20,23-24H,12-14H2,1H3/t18-,19+,20-,23?/m0/s1. The van der Waals surface area contributed by atoms with E-state index >= 15 is 0 Å². The zero-order valence-corrected chi connectivity index (χ0v) is 17.0. The molecule has 0 aromatic heterocycles. The Hall–Kier alpha value is -3.23. The summed E-state index contributed by atoms with van der Waals surface area (Å²) in [6.07, 6.45) is -2.65. The first-order valence-corrected chi connectivity index (χ1v) is 9.91. The Bertz CT molecular complexity index is 883. The molecule has 1 N–H and O–H groups in total. The smallest absolute Gasteiger partial charge is 0.338 e. The summed E-state index contributed by atoms with van der Waals surface area (Å²) >= 11 is 0. The van der Waals surface area contributed by atoms with E-state index < -0.39 is 42.3 Å². The highest BCUT2D eigenvalue weighted by Crippen LogP contribution is 2.34. The second-order valence-electron chi connectivity index (χ2n) is 7.03. The fraction of sp³-hybridized carbons (Fsp3) is 0.348. The lowest BCUT2D eigenvalue weighted by molar-refractivity contribution is -0.181. The van der Waals surface area contributed by atoms with Crippen molar-refractivity contribution in [3.8, 4) is 0 Å². The van der Waals surface area contributed by atoms with Crippen molar-refractivity contribution in [2.75, 3.05) is 13.2 Å². The van der Waals surface area contributed by atoms with Gasteiger partial charge in [-0.2, -0.15) is 0 Å². The number of hydrogen-bond acceptors (Lipinski definition) is 8. The first kappa shape index (κ1) is 22.5. The van der Waals surface area contributed by atoms with Crippen LogP contribution in [0.1, 0.15) is 34.1 Å². The average molecular weight is 428 g/mol. The van der Waals surface area contributed by atoms with Gasteiger partial charge in [0, 0.05) is 13.5 Å². The number of esters is 3. The van der Waals surface area contributed by atoms with Crippen molar-refractivity contribution in [2.45, 2.75) is 31.8 Å². The van der Waals surface area contributed by atoms with Crippen LogP contribution in [-0.2, 0) is 23.7 Å². The van der Waals surface area contributed by atoms with Gasteiger partial charge in [-0.05, 0) is 30.7 Å². The summed E-state index contributed by atoms with van der Waals surface area (Å²) in [7, 11) is 0. The lowest BCUT2D eigenvalue weighted by Gasteiger charge is -2.23. The number of carbonyl (C=O) groups is 3. The summed E-state index contributed by atoms with van der Waals surface area (Å²) in [5.41, 5.74) is 0.697. The SMILES string of the molecule is CC(=O)OC1O[C@H](COC(=O)c2ccccc2)[C@@H](OC(=O)c2ccccc2)[C@@H]1CCO. The second kappa shape index (κ2) is 10.7. The predicted octanol–water partition coefficient (Wildman–Crippen LogP) is 2.36. The number of hydrogen-bond donors (Lipinski definition) is 1. The number of rotatable bonds is 8. The third kappa shape index (κ3) is 5.90. The van der Waals surface area contributed by atoms with Gasteiger partial charge in [0.25, 0.3) is 0 Å². The molecule has 0 amide bonds. The highest BCUT2D eigenvalue weighted by atomic mass is 16.7. The molecule has 1 aliphatic rings. The van der Waals surface area contributed by atoms with Gasteiger partial charge in [0.05, 0.1) is 17.0 Å². The van der Waals surface area contributed by atoms with E-state index in [4.69, 9.17) is 18.9 Å². The zero-order valence-electron chi connectivity index (χ0n) is 17.0. The van der Waals surface area contributed by atoms with Crippen LogP contribution in [0.3, 0.4) is 0 Å². The molecule has 31 heavy (non-hydrogen) atoms. The van der Waals surface area contributed by atoms with Gasteiger partial charge >= 0.3 is 17.9 Å². The van der Waals surface area contributed by atoms with Crippen LogP contribution in [-0.4, -0.2) is 54.7 Å². The van der Waals surface area contributed by atoms with Crippen molar-refractivity contribution in [1.29, 1.82) is 0 Å². The van der Waals surface area contributed by atoms with Gasteiger partial charge in [0.1, 0.15) is 18.8 Å². The van der Waals surface area contributed by atoms with Crippen LogP contribution in [0, 0.1) is 5.92 Å². The van der Waals surface area contributed by atoms with Crippen molar-refractivity contribution in [1.82, 2.24) is 0 Å². The highest BCUT2D eigenvalue weighted by Gasteiger charge is 2.49. The molecule has 1 heterocycles. The number of aliphatic hydroxyl groups excluding tert-OH is 1. The molecular weight excluding hydrogens is 404 g/mol. The summed E-state index contributed by atoms with van der Waals surface area (Å²) in [5.74, 6) is -2.36. The van der Waals surface area contributed by atoms with E-state index in [0.717, 1.165) is 0 Å². The molecule has 4 atom stereocenters. The van der Waals surface area contributed by atoms with Crippen LogP contribution >= 0.6 is 0 Å². The maximum Gasteiger partial charge on any atom is 0.338 e. The Kier molecular flexibility index (Phi) is 7.75. The second-order valence-corrected chi connectivity index (χ2v) is 7.03. The first-order valence-electron chi connectivity index (χ1n) is 9.91. The van der Waals surface area contributed by atoms with Gasteiger partial charge in [0.2, 0.25) is 6.29 Å². The van der Waals surface area contributed by atoms with E-state index in [-0.39, 0.29) is 19.6 Å². The largest absolute Gasteiger partial charge is 0.459 e. The Morgan fingerprint density at radius 3 is 2.03 bits per heavy atom. The maximum absolute atomic E-state index is 12.6. The van der Waals surface area contributed by atoms with E-state index in [2.05, 4.69) is 0 Å². The van der Waals surface area contributed by atoms with E-state index in [1.165, 1.54) is 6.92 Å². The summed E-state index contributed by atoms with van der Waals surface area (Å²) in [6, 6.07) is 16.8. The van der Waals surface area contributed by atoms with Crippen molar-refractivity contribution in [3.63, 3.8) is 0 Å². The topological polar surface area (TPSA) is 108 Å². The van der Waals surface area contributed by atoms with Crippen molar-refractivity contribution in [3.05, 3.63) is 71.8 Å². The molecule has 0 spiro atoms. The number of ether oxygens (including phenoxy) is 4. The van der Waals surface area contributed by atoms with Gasteiger partial charge in [-0.25, -0.2) is 9.59 Å². The number of benzene rings is 2. The Labute approximate surface area is 179 Å². The van der Waals surface area contributed by atoms with Crippen molar-refractivity contribution < 1.29 is 38.4 Å². The summed E-state index contributed by atoms with van der Waals surface area (Å²) in [5, 5.41) is 9.48. The molecule has 0 saturated carbocycles. The Morgan fingerprint density at radius 1 is 0.903 bits per heavy atom. The summed E-state index contributed by atoms with van der Waals surface area (Å²) < 4.78 is 22.0. The van der Waals surface area contributed by atoms with E-state index in [0.29, 0.717) is 11.1 Å². The van der Waals surface area contributed by atoms with Crippen molar-refractivity contribution in [2.24, 2.45) is 5.92 Å². The third-order valence-corrected chi connectivity index (χ3v) is 4.83. The fourth-order valence-electron chi connectivity index (χ4n) is 3.39. The average Bonchev–Trinajstić information content (AvgIpc) is 3.08. The van der Waals surface area contributed by atoms with Gasteiger partial charge in [-0.1, -0.05) is 36.4 Å². The van der Waals surface area contributed by atoms with Crippen LogP contribution in [0.5, 0.6) is 0 Å². The van der Waals surface area contributed by atoms with Gasteiger partial charge < -0.3 is 24.1 Å². The number of aliphatic hydroxyl groups is 1. The minimum atomic E-state index is -1.04. The molecule has 2 aromatic rings. The molecule has 0 aliphatic carbocycles. The minimum Gasteiger partial charge on any atom is -0.459 e. The van der Waals surface area contributed by atoms with Crippen LogP contribution < -0.4 is 0 Å². The molecule has 1 fully saturated rings. The molecule has 8 nitrogen and oxygen atoms in total. The molecule has 2 aromatic carbocycles. The van der Waals surface area contributed by atoms with Crippen LogP contribution in [0.4, 0.5) is 0 Å². The monoisotopic (exact) mass is 428 g/mol. The first-order chi connectivity index (χ1) is 15.0. The van der Waals surface area contributed by atoms with Crippen molar-refractivity contribution >= 4 is 17.9 Å². The lowest BCUT2D eigenvalue weighted by atomic mass is 9.97. The normalized spacial score (nSPS) is 22.5. The Morgan fingerprint density at radius 2 is 1.48 bits per heavy atom. The zero-order chi connectivity index (χ0) is 22.2. The molecule has 0 radical (unpaired) electrons. The van der Waals surface area contributed by atoms with Crippen LogP contribution in [0.2, 0.25) is 0 Å².